The highest BCUT2D eigenvalue weighted by atomic mass is 16.5. The first-order valence-electron chi connectivity index (χ1n) is 11.3. The number of aryl methyl sites for hydroxylation is 1. The van der Waals surface area contributed by atoms with Crippen LogP contribution in [0.4, 0.5) is 4.79 Å². The van der Waals surface area contributed by atoms with Crippen molar-refractivity contribution in [3.63, 3.8) is 0 Å². The Hall–Kier alpha value is -4.21. The Balaban J connectivity index is 1.42. The van der Waals surface area contributed by atoms with Crippen molar-refractivity contribution in [1.82, 2.24) is 25.0 Å². The Morgan fingerprint density at radius 1 is 1.11 bits per heavy atom. The molecule has 35 heavy (non-hydrogen) atoms. The number of likely N-dealkylation sites (N-methyl/N-ethyl adjacent to an activating group) is 1. The standard InChI is InChI=1S/C25H27N5O5/c1-29(13-22-28-26-15-30(22)2)24(33)21(11-12-23(31)32)27-25(34)35-14-20-18-9-5-3-7-16(18)17-8-4-6-10-19(17)20/h3-10,15,20-21H,11-14H2,1-2H3,(H,27,34)(H,31,32). The maximum Gasteiger partial charge on any atom is 0.407 e. The molecule has 3 aromatic rings. The lowest BCUT2D eigenvalue weighted by Crippen LogP contribution is -2.47. The van der Waals surface area contributed by atoms with Gasteiger partial charge < -0.3 is 24.6 Å². The van der Waals surface area contributed by atoms with E-state index in [-0.39, 0.29) is 31.9 Å². The number of aromatic nitrogens is 3. The number of fused-ring (bicyclic) bond motifs is 3. The van der Waals surface area contributed by atoms with Gasteiger partial charge in [0.05, 0.1) is 6.54 Å². The number of hydrogen-bond acceptors (Lipinski definition) is 6. The largest absolute Gasteiger partial charge is 0.481 e. The number of hydrogen-bond donors (Lipinski definition) is 2. The molecule has 0 bridgehead atoms. The second-order valence-corrected chi connectivity index (χ2v) is 8.51. The number of ether oxygens (including phenoxy) is 1. The van der Waals surface area contributed by atoms with Crippen LogP contribution < -0.4 is 5.32 Å². The van der Waals surface area contributed by atoms with Gasteiger partial charge >= 0.3 is 12.1 Å². The summed E-state index contributed by atoms with van der Waals surface area (Å²) in [6.07, 6.45) is 0.395. The fraction of sp³-hybridized carbons (Fsp3) is 0.320. The molecule has 1 atom stereocenters. The third-order valence-corrected chi connectivity index (χ3v) is 6.14. The highest BCUT2D eigenvalue weighted by Crippen LogP contribution is 2.44. The van der Waals surface area contributed by atoms with E-state index in [9.17, 15) is 14.4 Å². The number of alkyl carbamates (subject to hydrolysis) is 1. The fourth-order valence-corrected chi connectivity index (χ4v) is 4.31. The number of aliphatic carboxylic acids is 1. The van der Waals surface area contributed by atoms with Gasteiger partial charge in [-0.15, -0.1) is 10.2 Å². The molecule has 0 aliphatic heterocycles. The number of amides is 2. The molecule has 4 rings (SSSR count). The van der Waals surface area contributed by atoms with E-state index in [4.69, 9.17) is 9.84 Å². The SMILES string of the molecule is CN(Cc1nncn1C)C(=O)C(CCC(=O)O)NC(=O)OCC1c2ccccc2-c2ccccc21. The summed E-state index contributed by atoms with van der Waals surface area (Å²) in [7, 11) is 3.31. The van der Waals surface area contributed by atoms with Crippen LogP contribution in [0.1, 0.15) is 35.7 Å². The summed E-state index contributed by atoms with van der Waals surface area (Å²) in [6.45, 7) is 0.250. The van der Waals surface area contributed by atoms with Crippen LogP contribution in [0, 0.1) is 0 Å². The minimum atomic E-state index is -1.06. The van der Waals surface area contributed by atoms with Crippen molar-refractivity contribution < 1.29 is 24.2 Å². The van der Waals surface area contributed by atoms with Crippen LogP contribution in [0.15, 0.2) is 54.9 Å². The zero-order chi connectivity index (χ0) is 24.9. The summed E-state index contributed by atoms with van der Waals surface area (Å²) >= 11 is 0. The predicted octanol–water partition coefficient (Wildman–Crippen LogP) is 2.55. The lowest BCUT2D eigenvalue weighted by molar-refractivity contribution is -0.138. The minimum Gasteiger partial charge on any atom is -0.481 e. The molecule has 0 radical (unpaired) electrons. The molecule has 10 nitrogen and oxygen atoms in total. The third-order valence-electron chi connectivity index (χ3n) is 6.14. The van der Waals surface area contributed by atoms with Crippen LogP contribution in [0.2, 0.25) is 0 Å². The van der Waals surface area contributed by atoms with Crippen molar-refractivity contribution in [2.45, 2.75) is 31.3 Å². The smallest absolute Gasteiger partial charge is 0.407 e. The first-order valence-corrected chi connectivity index (χ1v) is 11.3. The minimum absolute atomic E-state index is 0.0679. The third kappa shape index (κ3) is 5.32. The summed E-state index contributed by atoms with van der Waals surface area (Å²) in [5.41, 5.74) is 4.36. The average molecular weight is 478 g/mol. The Morgan fingerprint density at radius 3 is 2.31 bits per heavy atom. The Morgan fingerprint density at radius 2 is 1.74 bits per heavy atom. The Bertz CT molecular complexity index is 1190. The number of carbonyl (C=O) groups is 3. The van der Waals surface area contributed by atoms with Gasteiger partial charge in [-0.3, -0.25) is 9.59 Å². The van der Waals surface area contributed by atoms with Crippen LogP contribution in [-0.4, -0.2) is 62.4 Å². The number of carboxylic acids is 1. The highest BCUT2D eigenvalue weighted by Gasteiger charge is 2.30. The van der Waals surface area contributed by atoms with Gasteiger partial charge in [-0.2, -0.15) is 0 Å². The predicted molar refractivity (Wildman–Crippen MR) is 126 cm³/mol. The van der Waals surface area contributed by atoms with E-state index in [1.54, 1.807) is 18.7 Å². The molecule has 2 aromatic carbocycles. The van der Waals surface area contributed by atoms with Gasteiger partial charge in [0.15, 0.2) is 5.82 Å². The number of carboxylic acid groups (broad SMARTS) is 1. The van der Waals surface area contributed by atoms with E-state index in [2.05, 4.69) is 15.5 Å². The lowest BCUT2D eigenvalue weighted by atomic mass is 9.98. The number of nitrogens with zero attached hydrogens (tertiary/aromatic N) is 4. The molecule has 0 spiro atoms. The van der Waals surface area contributed by atoms with Gasteiger partial charge in [0.25, 0.3) is 0 Å². The zero-order valence-corrected chi connectivity index (χ0v) is 19.5. The zero-order valence-electron chi connectivity index (χ0n) is 19.5. The van der Waals surface area contributed by atoms with Crippen molar-refractivity contribution in [1.29, 1.82) is 0 Å². The molecule has 1 unspecified atom stereocenters. The monoisotopic (exact) mass is 477 g/mol. The van der Waals surface area contributed by atoms with Crippen LogP contribution >= 0.6 is 0 Å². The van der Waals surface area contributed by atoms with Crippen LogP contribution in [-0.2, 0) is 27.9 Å². The summed E-state index contributed by atoms with van der Waals surface area (Å²) in [5.74, 6) is -1.07. The number of benzene rings is 2. The summed E-state index contributed by atoms with van der Waals surface area (Å²) in [6, 6.07) is 14.9. The van der Waals surface area contributed by atoms with Gasteiger partial charge in [0.1, 0.15) is 19.0 Å². The molecule has 2 N–H and O–H groups in total. The van der Waals surface area contributed by atoms with Gasteiger partial charge in [0.2, 0.25) is 5.91 Å². The van der Waals surface area contributed by atoms with Gasteiger partial charge in [-0.25, -0.2) is 4.79 Å². The van der Waals surface area contributed by atoms with Crippen LogP contribution in [0.25, 0.3) is 11.1 Å². The second kappa shape index (κ2) is 10.4. The molecule has 1 heterocycles. The molecule has 0 saturated carbocycles. The van der Waals surface area contributed by atoms with Crippen molar-refractivity contribution >= 4 is 18.0 Å². The average Bonchev–Trinajstić information content (AvgIpc) is 3.40. The van der Waals surface area contributed by atoms with Gasteiger partial charge in [-0.05, 0) is 28.7 Å². The van der Waals surface area contributed by atoms with Gasteiger partial charge in [-0.1, -0.05) is 48.5 Å². The summed E-state index contributed by atoms with van der Waals surface area (Å²) in [5, 5.41) is 19.4. The number of rotatable bonds is 9. The quantitative estimate of drug-likeness (QED) is 0.485. The number of carbonyl (C=O) groups excluding carboxylic acids is 2. The molecule has 10 heteroatoms. The molecular weight excluding hydrogens is 450 g/mol. The maximum absolute atomic E-state index is 13.0. The van der Waals surface area contributed by atoms with E-state index in [0.717, 1.165) is 22.3 Å². The molecule has 1 aliphatic rings. The Labute approximate surface area is 202 Å². The fourth-order valence-electron chi connectivity index (χ4n) is 4.31. The summed E-state index contributed by atoms with van der Waals surface area (Å²) < 4.78 is 7.21. The number of nitrogens with one attached hydrogen (secondary N) is 1. The first kappa shape index (κ1) is 23.9. The molecule has 0 saturated heterocycles. The first-order chi connectivity index (χ1) is 16.8. The molecular formula is C25H27N5O5. The topological polar surface area (TPSA) is 127 Å². The lowest BCUT2D eigenvalue weighted by Gasteiger charge is -2.24. The summed E-state index contributed by atoms with van der Waals surface area (Å²) in [4.78, 5) is 38.2. The van der Waals surface area contributed by atoms with Gasteiger partial charge in [0, 0.05) is 26.4 Å². The molecule has 182 valence electrons. The van der Waals surface area contributed by atoms with Crippen LogP contribution in [0.3, 0.4) is 0 Å². The maximum atomic E-state index is 13.0. The van der Waals surface area contributed by atoms with Crippen molar-refractivity contribution in [2.24, 2.45) is 7.05 Å². The molecule has 1 aliphatic carbocycles. The van der Waals surface area contributed by atoms with E-state index in [0.29, 0.717) is 5.82 Å². The van der Waals surface area contributed by atoms with Crippen molar-refractivity contribution in [3.05, 3.63) is 71.8 Å². The highest BCUT2D eigenvalue weighted by molar-refractivity contribution is 5.86. The molecule has 1 aromatic heterocycles. The van der Waals surface area contributed by atoms with E-state index >= 15 is 0 Å². The second-order valence-electron chi connectivity index (χ2n) is 8.51. The Kier molecular flexibility index (Phi) is 7.09. The van der Waals surface area contributed by atoms with E-state index in [1.165, 1.54) is 11.2 Å². The van der Waals surface area contributed by atoms with Crippen molar-refractivity contribution in [3.8, 4) is 11.1 Å². The van der Waals surface area contributed by atoms with E-state index < -0.39 is 24.0 Å². The normalized spacial score (nSPS) is 13.0. The van der Waals surface area contributed by atoms with E-state index in [1.807, 2.05) is 48.5 Å². The van der Waals surface area contributed by atoms with Crippen molar-refractivity contribution in [2.75, 3.05) is 13.7 Å². The molecule has 0 fully saturated rings. The van der Waals surface area contributed by atoms with Crippen LogP contribution in [0.5, 0.6) is 0 Å². The molecule has 2 amide bonds.